The van der Waals surface area contributed by atoms with E-state index in [1.54, 1.807) is 12.3 Å². The van der Waals surface area contributed by atoms with Crippen molar-refractivity contribution < 1.29 is 9.13 Å². The van der Waals surface area contributed by atoms with E-state index in [2.05, 4.69) is 24.1 Å². The smallest absolute Gasteiger partial charge is 0.146 e. The Labute approximate surface area is 109 Å². The first-order valence-electron chi connectivity index (χ1n) is 6.55. The summed E-state index contributed by atoms with van der Waals surface area (Å²) in [6.07, 6.45) is 4.52. The zero-order valence-electron chi connectivity index (χ0n) is 11.7. The molecule has 1 aromatic rings. The highest BCUT2D eigenvalue weighted by Crippen LogP contribution is 2.35. The van der Waals surface area contributed by atoms with Crippen molar-refractivity contribution in [1.82, 2.24) is 10.3 Å². The third-order valence-corrected chi connectivity index (χ3v) is 3.56. The van der Waals surface area contributed by atoms with E-state index in [0.29, 0.717) is 12.2 Å². The van der Waals surface area contributed by atoms with Crippen molar-refractivity contribution in [3.05, 3.63) is 29.8 Å². The van der Waals surface area contributed by atoms with E-state index in [1.165, 1.54) is 6.20 Å². The van der Waals surface area contributed by atoms with E-state index < -0.39 is 0 Å². The van der Waals surface area contributed by atoms with Crippen LogP contribution in [0.3, 0.4) is 0 Å². The molecule has 0 aliphatic carbocycles. The zero-order chi connectivity index (χ0) is 13.6. The van der Waals surface area contributed by atoms with E-state index in [9.17, 15) is 4.39 Å². The summed E-state index contributed by atoms with van der Waals surface area (Å²) in [5, 5.41) is 3.19. The molecule has 1 unspecified atom stereocenters. The van der Waals surface area contributed by atoms with Gasteiger partial charge in [0.1, 0.15) is 5.82 Å². The van der Waals surface area contributed by atoms with Crippen LogP contribution in [0.15, 0.2) is 18.5 Å². The van der Waals surface area contributed by atoms with Gasteiger partial charge in [-0.2, -0.15) is 0 Å². The van der Waals surface area contributed by atoms with Gasteiger partial charge in [-0.25, -0.2) is 4.39 Å². The Balaban J connectivity index is 3.17. The first-order valence-corrected chi connectivity index (χ1v) is 6.55. The van der Waals surface area contributed by atoms with Crippen molar-refractivity contribution in [3.8, 4) is 0 Å². The summed E-state index contributed by atoms with van der Waals surface area (Å²) < 4.78 is 19.9. The largest absolute Gasteiger partial charge is 0.373 e. The van der Waals surface area contributed by atoms with Gasteiger partial charge < -0.3 is 10.1 Å². The number of likely N-dealkylation sites (N-methyl/N-ethyl adjacent to an activating group) is 1. The summed E-state index contributed by atoms with van der Waals surface area (Å²) >= 11 is 0. The van der Waals surface area contributed by atoms with Gasteiger partial charge in [0.05, 0.1) is 17.8 Å². The fraction of sp³-hybridized carbons (Fsp3) is 0.643. The second-order valence-electron chi connectivity index (χ2n) is 4.32. The maximum atomic E-state index is 13.9. The Morgan fingerprint density at radius 2 is 2.06 bits per heavy atom. The average molecular weight is 254 g/mol. The molecular weight excluding hydrogens is 231 g/mol. The van der Waals surface area contributed by atoms with Crippen LogP contribution in [0.25, 0.3) is 0 Å². The molecule has 0 aromatic carbocycles. The number of ether oxygens (including phenoxy) is 1. The minimum Gasteiger partial charge on any atom is -0.373 e. The van der Waals surface area contributed by atoms with Crippen LogP contribution >= 0.6 is 0 Å². The van der Waals surface area contributed by atoms with Gasteiger partial charge in [0.25, 0.3) is 0 Å². The minimum absolute atomic E-state index is 0.171. The van der Waals surface area contributed by atoms with Gasteiger partial charge in [-0.3, -0.25) is 4.98 Å². The van der Waals surface area contributed by atoms with Gasteiger partial charge in [0.2, 0.25) is 0 Å². The summed E-state index contributed by atoms with van der Waals surface area (Å²) in [5.41, 5.74) is 0.232. The number of nitrogens with one attached hydrogen (secondary N) is 1. The number of hydrogen-bond acceptors (Lipinski definition) is 3. The lowest BCUT2D eigenvalue weighted by Crippen LogP contribution is -2.44. The first kappa shape index (κ1) is 15.1. The SMILES string of the molecule is CCOC(CC)(CC)C(NC)c1ccncc1F. The molecule has 4 heteroatoms. The fourth-order valence-electron chi connectivity index (χ4n) is 2.56. The van der Waals surface area contributed by atoms with E-state index in [-0.39, 0.29) is 17.5 Å². The summed E-state index contributed by atoms with van der Waals surface area (Å²) in [5.74, 6) is -0.289. The van der Waals surface area contributed by atoms with Gasteiger partial charge >= 0.3 is 0 Å². The van der Waals surface area contributed by atoms with Gasteiger partial charge in [-0.1, -0.05) is 13.8 Å². The molecule has 0 aliphatic heterocycles. The molecule has 1 N–H and O–H groups in total. The van der Waals surface area contributed by atoms with Gasteiger partial charge in [-0.15, -0.1) is 0 Å². The molecule has 1 heterocycles. The van der Waals surface area contributed by atoms with Crippen molar-refractivity contribution in [2.45, 2.75) is 45.3 Å². The molecule has 1 rings (SSSR count). The zero-order valence-corrected chi connectivity index (χ0v) is 11.7. The van der Waals surface area contributed by atoms with Crippen LogP contribution in [0, 0.1) is 5.82 Å². The Bertz CT molecular complexity index is 367. The van der Waals surface area contributed by atoms with Crippen LogP contribution in [0.2, 0.25) is 0 Å². The van der Waals surface area contributed by atoms with E-state index >= 15 is 0 Å². The molecule has 0 radical (unpaired) electrons. The number of hydrogen-bond donors (Lipinski definition) is 1. The molecule has 102 valence electrons. The molecule has 18 heavy (non-hydrogen) atoms. The standard InChI is InChI=1S/C14H23FN2O/c1-5-14(6-2,18-7-3)13(16-4)11-8-9-17-10-12(11)15/h8-10,13,16H,5-7H2,1-4H3. The molecule has 1 aromatic heterocycles. The van der Waals surface area contributed by atoms with Crippen LogP contribution < -0.4 is 5.32 Å². The monoisotopic (exact) mass is 254 g/mol. The molecule has 0 bridgehead atoms. The van der Waals surface area contributed by atoms with Crippen molar-refractivity contribution in [1.29, 1.82) is 0 Å². The Kier molecular flexibility index (Phi) is 5.69. The summed E-state index contributed by atoms with van der Waals surface area (Å²) in [6, 6.07) is 1.55. The Hall–Kier alpha value is -1.00. The van der Waals surface area contributed by atoms with Crippen LogP contribution in [-0.2, 0) is 4.74 Å². The summed E-state index contributed by atoms with van der Waals surface area (Å²) in [7, 11) is 1.84. The predicted octanol–water partition coefficient (Wildman–Crippen LogP) is 3.08. The second-order valence-corrected chi connectivity index (χ2v) is 4.32. The third-order valence-electron chi connectivity index (χ3n) is 3.56. The maximum Gasteiger partial charge on any atom is 0.146 e. The highest BCUT2D eigenvalue weighted by molar-refractivity contribution is 5.21. The van der Waals surface area contributed by atoms with Gasteiger partial charge in [-0.05, 0) is 32.9 Å². The lowest BCUT2D eigenvalue weighted by atomic mass is 9.84. The lowest BCUT2D eigenvalue weighted by molar-refractivity contribution is -0.0724. The van der Waals surface area contributed by atoms with Crippen LogP contribution in [0.4, 0.5) is 4.39 Å². The normalized spacial score (nSPS) is 13.6. The number of rotatable bonds is 7. The van der Waals surface area contributed by atoms with Crippen LogP contribution in [0.1, 0.15) is 45.2 Å². The quantitative estimate of drug-likeness (QED) is 0.812. The van der Waals surface area contributed by atoms with Crippen molar-refractivity contribution >= 4 is 0 Å². The fourth-order valence-corrected chi connectivity index (χ4v) is 2.56. The van der Waals surface area contributed by atoms with E-state index in [1.807, 2.05) is 14.0 Å². The molecule has 1 atom stereocenters. The highest BCUT2D eigenvalue weighted by Gasteiger charge is 2.37. The molecular formula is C14H23FN2O. The highest BCUT2D eigenvalue weighted by atomic mass is 19.1. The molecule has 0 saturated heterocycles. The number of halogens is 1. The van der Waals surface area contributed by atoms with E-state index in [4.69, 9.17) is 4.74 Å². The minimum atomic E-state index is -0.383. The van der Waals surface area contributed by atoms with Gasteiger partial charge in [0.15, 0.2) is 0 Å². The van der Waals surface area contributed by atoms with E-state index in [0.717, 1.165) is 12.8 Å². The topological polar surface area (TPSA) is 34.1 Å². The molecule has 0 spiro atoms. The van der Waals surface area contributed by atoms with Crippen LogP contribution in [-0.4, -0.2) is 24.2 Å². The third kappa shape index (κ3) is 2.87. The maximum absolute atomic E-state index is 13.9. The second kappa shape index (κ2) is 6.81. The molecule has 3 nitrogen and oxygen atoms in total. The lowest BCUT2D eigenvalue weighted by Gasteiger charge is -2.39. The average Bonchev–Trinajstić information content (AvgIpc) is 2.40. The summed E-state index contributed by atoms with van der Waals surface area (Å²) in [4.78, 5) is 3.80. The summed E-state index contributed by atoms with van der Waals surface area (Å²) in [6.45, 7) is 6.73. The number of nitrogens with zero attached hydrogens (tertiary/aromatic N) is 1. The molecule has 0 fully saturated rings. The number of pyridine rings is 1. The molecule has 0 aliphatic rings. The Morgan fingerprint density at radius 1 is 1.39 bits per heavy atom. The molecule has 0 saturated carbocycles. The molecule has 0 amide bonds. The predicted molar refractivity (Wildman–Crippen MR) is 70.9 cm³/mol. The van der Waals surface area contributed by atoms with Crippen molar-refractivity contribution in [3.63, 3.8) is 0 Å². The Morgan fingerprint density at radius 3 is 2.50 bits per heavy atom. The van der Waals surface area contributed by atoms with Gasteiger partial charge in [0, 0.05) is 18.4 Å². The van der Waals surface area contributed by atoms with Crippen molar-refractivity contribution in [2.75, 3.05) is 13.7 Å². The first-order chi connectivity index (χ1) is 8.65. The van der Waals surface area contributed by atoms with Crippen molar-refractivity contribution in [2.24, 2.45) is 0 Å². The van der Waals surface area contributed by atoms with Crippen LogP contribution in [0.5, 0.6) is 0 Å². The number of aromatic nitrogens is 1.